The van der Waals surface area contributed by atoms with Gasteiger partial charge < -0.3 is 9.84 Å². The summed E-state index contributed by atoms with van der Waals surface area (Å²) in [4.78, 5) is 8.44. The monoisotopic (exact) mass is 258 g/mol. The highest BCUT2D eigenvalue weighted by Crippen LogP contribution is 2.22. The quantitative estimate of drug-likeness (QED) is 0.913. The summed E-state index contributed by atoms with van der Waals surface area (Å²) in [5, 5.41) is 7.58. The van der Waals surface area contributed by atoms with Crippen LogP contribution in [-0.2, 0) is 0 Å². The second-order valence-electron chi connectivity index (χ2n) is 5.06. The van der Waals surface area contributed by atoms with Gasteiger partial charge in [-0.1, -0.05) is 18.0 Å². The first-order valence-corrected chi connectivity index (χ1v) is 6.83. The number of pyridine rings is 1. The van der Waals surface area contributed by atoms with Gasteiger partial charge in [-0.05, 0) is 31.9 Å². The van der Waals surface area contributed by atoms with E-state index in [-0.39, 0.29) is 6.04 Å². The Bertz CT molecular complexity index is 519. The molecule has 1 fully saturated rings. The van der Waals surface area contributed by atoms with Crippen LogP contribution in [0.5, 0.6) is 0 Å². The molecular weight excluding hydrogens is 240 g/mol. The molecule has 5 heteroatoms. The van der Waals surface area contributed by atoms with E-state index >= 15 is 0 Å². The molecule has 1 N–H and O–H groups in total. The predicted molar refractivity (Wildman–Crippen MR) is 71.3 cm³/mol. The van der Waals surface area contributed by atoms with Crippen molar-refractivity contribution in [3.05, 3.63) is 30.4 Å². The molecule has 5 nitrogen and oxygen atoms in total. The van der Waals surface area contributed by atoms with Crippen molar-refractivity contribution >= 4 is 0 Å². The summed E-state index contributed by atoms with van der Waals surface area (Å²) in [6.45, 7) is 2.07. The molecule has 2 aromatic heterocycles. The van der Waals surface area contributed by atoms with E-state index in [0.717, 1.165) is 5.56 Å². The average molecular weight is 258 g/mol. The zero-order valence-corrected chi connectivity index (χ0v) is 11.0. The molecule has 1 aliphatic carbocycles. The molecule has 0 radical (unpaired) electrons. The van der Waals surface area contributed by atoms with Crippen LogP contribution in [0.1, 0.15) is 44.5 Å². The lowest BCUT2D eigenvalue weighted by atomic mass is 10.2. The molecular formula is C14H18N4O. The van der Waals surface area contributed by atoms with Crippen molar-refractivity contribution in [1.82, 2.24) is 20.4 Å². The molecule has 0 unspecified atom stereocenters. The van der Waals surface area contributed by atoms with E-state index in [1.54, 1.807) is 12.4 Å². The fourth-order valence-electron chi connectivity index (χ4n) is 2.55. The first-order valence-electron chi connectivity index (χ1n) is 6.83. The standard InChI is InChI=1S/C14H18N4O/c1-10(16-12-4-2-3-5-12)14-17-13(18-19-14)11-6-8-15-9-7-11/h6-10,12,16H,2-5H2,1H3/t10-/m1/s1. The minimum atomic E-state index is 0.103. The Balaban J connectivity index is 1.70. The fourth-order valence-corrected chi connectivity index (χ4v) is 2.55. The van der Waals surface area contributed by atoms with Gasteiger partial charge in [0.25, 0.3) is 0 Å². The lowest BCUT2D eigenvalue weighted by Gasteiger charge is -2.15. The van der Waals surface area contributed by atoms with E-state index in [0.29, 0.717) is 17.8 Å². The first-order chi connectivity index (χ1) is 9.33. The van der Waals surface area contributed by atoms with Crippen LogP contribution in [0.4, 0.5) is 0 Å². The van der Waals surface area contributed by atoms with E-state index in [4.69, 9.17) is 4.52 Å². The van der Waals surface area contributed by atoms with Crippen molar-refractivity contribution in [2.45, 2.75) is 44.7 Å². The third kappa shape index (κ3) is 2.81. The van der Waals surface area contributed by atoms with Crippen LogP contribution in [0, 0.1) is 0 Å². The average Bonchev–Trinajstić information content (AvgIpc) is 3.10. The molecule has 2 heterocycles. The molecule has 19 heavy (non-hydrogen) atoms. The van der Waals surface area contributed by atoms with E-state index in [1.807, 2.05) is 12.1 Å². The van der Waals surface area contributed by atoms with Gasteiger partial charge in [0.15, 0.2) is 0 Å². The second kappa shape index (κ2) is 5.48. The van der Waals surface area contributed by atoms with Crippen molar-refractivity contribution in [2.24, 2.45) is 0 Å². The van der Waals surface area contributed by atoms with Gasteiger partial charge in [-0.3, -0.25) is 4.98 Å². The number of nitrogens with one attached hydrogen (secondary N) is 1. The van der Waals surface area contributed by atoms with Crippen LogP contribution >= 0.6 is 0 Å². The van der Waals surface area contributed by atoms with Gasteiger partial charge in [0, 0.05) is 24.0 Å². The molecule has 0 aromatic carbocycles. The summed E-state index contributed by atoms with van der Waals surface area (Å²) >= 11 is 0. The molecule has 1 aliphatic rings. The number of hydrogen-bond donors (Lipinski definition) is 1. The third-order valence-electron chi connectivity index (χ3n) is 3.59. The topological polar surface area (TPSA) is 63.8 Å². The van der Waals surface area contributed by atoms with Crippen LogP contribution in [0.15, 0.2) is 29.0 Å². The van der Waals surface area contributed by atoms with Crippen molar-refractivity contribution in [1.29, 1.82) is 0 Å². The minimum absolute atomic E-state index is 0.103. The molecule has 0 aliphatic heterocycles. The Kier molecular flexibility index (Phi) is 3.55. The largest absolute Gasteiger partial charge is 0.337 e. The lowest BCUT2D eigenvalue weighted by molar-refractivity contribution is 0.323. The summed E-state index contributed by atoms with van der Waals surface area (Å²) in [5.41, 5.74) is 0.929. The van der Waals surface area contributed by atoms with Gasteiger partial charge in [-0.15, -0.1) is 0 Å². The van der Waals surface area contributed by atoms with Crippen LogP contribution in [0.3, 0.4) is 0 Å². The SMILES string of the molecule is C[C@@H](NC1CCCC1)c1nc(-c2ccncc2)no1. The van der Waals surface area contributed by atoms with Crippen molar-refractivity contribution in [3.8, 4) is 11.4 Å². The van der Waals surface area contributed by atoms with Crippen molar-refractivity contribution in [2.75, 3.05) is 0 Å². The molecule has 0 bridgehead atoms. The van der Waals surface area contributed by atoms with Gasteiger partial charge in [-0.2, -0.15) is 4.98 Å². The zero-order valence-electron chi connectivity index (χ0n) is 11.0. The van der Waals surface area contributed by atoms with Crippen LogP contribution in [0.25, 0.3) is 11.4 Å². The number of hydrogen-bond acceptors (Lipinski definition) is 5. The highest BCUT2D eigenvalue weighted by molar-refractivity contribution is 5.52. The lowest BCUT2D eigenvalue weighted by Crippen LogP contribution is -2.29. The number of nitrogens with zero attached hydrogens (tertiary/aromatic N) is 3. The normalized spacial score (nSPS) is 17.7. The minimum Gasteiger partial charge on any atom is -0.337 e. The van der Waals surface area contributed by atoms with E-state index < -0.39 is 0 Å². The summed E-state index contributed by atoms with van der Waals surface area (Å²) < 4.78 is 5.35. The Labute approximate surface area is 112 Å². The van der Waals surface area contributed by atoms with Crippen LogP contribution in [-0.4, -0.2) is 21.2 Å². The highest BCUT2D eigenvalue weighted by Gasteiger charge is 2.21. The maximum absolute atomic E-state index is 5.35. The van der Waals surface area contributed by atoms with Gasteiger partial charge in [0.1, 0.15) is 0 Å². The Morgan fingerprint density at radius 3 is 2.74 bits per heavy atom. The summed E-state index contributed by atoms with van der Waals surface area (Å²) in [5.74, 6) is 1.27. The highest BCUT2D eigenvalue weighted by atomic mass is 16.5. The van der Waals surface area contributed by atoms with Gasteiger partial charge in [0.2, 0.25) is 11.7 Å². The van der Waals surface area contributed by atoms with Crippen molar-refractivity contribution < 1.29 is 4.52 Å². The van der Waals surface area contributed by atoms with Gasteiger partial charge >= 0.3 is 0 Å². The molecule has 2 aromatic rings. The summed E-state index contributed by atoms with van der Waals surface area (Å²) in [6.07, 6.45) is 8.58. The Morgan fingerprint density at radius 2 is 2.00 bits per heavy atom. The van der Waals surface area contributed by atoms with Crippen LogP contribution < -0.4 is 5.32 Å². The van der Waals surface area contributed by atoms with Gasteiger partial charge in [0.05, 0.1) is 6.04 Å². The molecule has 0 amide bonds. The van der Waals surface area contributed by atoms with E-state index in [2.05, 4.69) is 27.4 Å². The predicted octanol–water partition coefficient (Wildman–Crippen LogP) is 2.72. The van der Waals surface area contributed by atoms with E-state index in [9.17, 15) is 0 Å². The maximum atomic E-state index is 5.35. The van der Waals surface area contributed by atoms with Gasteiger partial charge in [-0.25, -0.2) is 0 Å². The molecule has 1 atom stereocenters. The molecule has 3 rings (SSSR count). The maximum Gasteiger partial charge on any atom is 0.243 e. The smallest absolute Gasteiger partial charge is 0.243 e. The number of rotatable bonds is 4. The van der Waals surface area contributed by atoms with Crippen molar-refractivity contribution in [3.63, 3.8) is 0 Å². The number of aromatic nitrogens is 3. The molecule has 0 saturated heterocycles. The summed E-state index contributed by atoms with van der Waals surface area (Å²) in [6, 6.07) is 4.45. The third-order valence-corrected chi connectivity index (χ3v) is 3.59. The Hall–Kier alpha value is -1.75. The first kappa shape index (κ1) is 12.3. The molecule has 1 saturated carbocycles. The Morgan fingerprint density at radius 1 is 1.26 bits per heavy atom. The zero-order chi connectivity index (χ0) is 13.1. The summed E-state index contributed by atoms with van der Waals surface area (Å²) in [7, 11) is 0. The fraction of sp³-hybridized carbons (Fsp3) is 0.500. The molecule has 0 spiro atoms. The second-order valence-corrected chi connectivity index (χ2v) is 5.06. The molecule has 100 valence electrons. The van der Waals surface area contributed by atoms with Crippen LogP contribution in [0.2, 0.25) is 0 Å². The van der Waals surface area contributed by atoms with E-state index in [1.165, 1.54) is 25.7 Å².